The van der Waals surface area contributed by atoms with E-state index in [4.69, 9.17) is 9.47 Å². The predicted octanol–water partition coefficient (Wildman–Crippen LogP) is 3.72. The van der Waals surface area contributed by atoms with Gasteiger partial charge in [0.2, 0.25) is 10.0 Å². The first-order valence-corrected chi connectivity index (χ1v) is 11.2. The molecule has 0 spiro atoms. The summed E-state index contributed by atoms with van der Waals surface area (Å²) in [5, 5.41) is 2.78. The lowest BCUT2D eigenvalue weighted by Crippen LogP contribution is -2.26. The number of amides is 1. The van der Waals surface area contributed by atoms with E-state index >= 15 is 0 Å². The van der Waals surface area contributed by atoms with Crippen LogP contribution in [0.3, 0.4) is 0 Å². The molecule has 3 aromatic rings. The maximum atomic E-state index is 12.9. The average molecular weight is 441 g/mol. The maximum Gasteiger partial charge on any atom is 0.255 e. The van der Waals surface area contributed by atoms with Crippen LogP contribution in [0, 0.1) is 0 Å². The van der Waals surface area contributed by atoms with E-state index in [1.54, 1.807) is 54.6 Å². The van der Waals surface area contributed by atoms with E-state index in [0.29, 0.717) is 35.0 Å². The number of ether oxygens (including phenoxy) is 2. The molecule has 1 amide bonds. The number of para-hydroxylation sites is 3. The topological polar surface area (TPSA) is 93.7 Å². The molecule has 0 aliphatic carbocycles. The van der Waals surface area contributed by atoms with Crippen molar-refractivity contribution in [1.82, 2.24) is 10.0 Å². The molecule has 0 aromatic heterocycles. The maximum absolute atomic E-state index is 12.9. The summed E-state index contributed by atoms with van der Waals surface area (Å²) in [6.45, 7) is 2.40. The second-order valence-corrected chi connectivity index (χ2v) is 8.33. The minimum atomic E-state index is -3.64. The Morgan fingerprint density at radius 1 is 0.871 bits per heavy atom. The first-order valence-electron chi connectivity index (χ1n) is 9.74. The van der Waals surface area contributed by atoms with Gasteiger partial charge in [-0.1, -0.05) is 42.5 Å². The smallest absolute Gasteiger partial charge is 0.255 e. The van der Waals surface area contributed by atoms with Crippen molar-refractivity contribution in [2.24, 2.45) is 0 Å². The SMILES string of the molecule is CCOc1ccccc1Oc1ccccc1C(=O)NCc1ccccc1S(=O)(=O)NC. The molecule has 2 N–H and O–H groups in total. The number of carbonyl (C=O) groups excluding carboxylic acids is 1. The fourth-order valence-corrected chi connectivity index (χ4v) is 3.93. The number of hydrogen-bond donors (Lipinski definition) is 2. The van der Waals surface area contributed by atoms with Gasteiger partial charge >= 0.3 is 0 Å². The summed E-state index contributed by atoms with van der Waals surface area (Å²) in [4.78, 5) is 13.0. The molecule has 162 valence electrons. The molecular formula is C23H24N2O5S. The monoisotopic (exact) mass is 440 g/mol. The third-order valence-electron chi connectivity index (χ3n) is 4.47. The van der Waals surface area contributed by atoms with Crippen molar-refractivity contribution in [2.45, 2.75) is 18.4 Å². The van der Waals surface area contributed by atoms with Crippen LogP contribution >= 0.6 is 0 Å². The van der Waals surface area contributed by atoms with Crippen LogP contribution in [0.25, 0.3) is 0 Å². The van der Waals surface area contributed by atoms with Crippen LogP contribution in [0.5, 0.6) is 17.2 Å². The molecule has 3 aromatic carbocycles. The summed E-state index contributed by atoms with van der Waals surface area (Å²) in [5.41, 5.74) is 0.799. The van der Waals surface area contributed by atoms with Crippen LogP contribution < -0.4 is 19.5 Å². The van der Waals surface area contributed by atoms with Crippen molar-refractivity contribution in [3.05, 3.63) is 83.9 Å². The summed E-state index contributed by atoms with van der Waals surface area (Å²) >= 11 is 0. The molecular weight excluding hydrogens is 416 g/mol. The molecule has 0 fully saturated rings. The highest BCUT2D eigenvalue weighted by atomic mass is 32.2. The summed E-state index contributed by atoms with van der Waals surface area (Å²) in [5.74, 6) is 1.05. The lowest BCUT2D eigenvalue weighted by Gasteiger charge is -2.15. The van der Waals surface area contributed by atoms with Crippen molar-refractivity contribution < 1.29 is 22.7 Å². The van der Waals surface area contributed by atoms with Gasteiger partial charge in [-0.3, -0.25) is 4.79 Å². The number of hydrogen-bond acceptors (Lipinski definition) is 5. The second kappa shape index (κ2) is 10.1. The average Bonchev–Trinajstić information content (AvgIpc) is 2.79. The Kier molecular flexibility index (Phi) is 7.28. The van der Waals surface area contributed by atoms with E-state index in [-0.39, 0.29) is 17.3 Å². The minimum Gasteiger partial charge on any atom is -0.490 e. The molecule has 7 nitrogen and oxygen atoms in total. The van der Waals surface area contributed by atoms with Gasteiger partial charge in [0.05, 0.1) is 17.1 Å². The quantitative estimate of drug-likeness (QED) is 0.529. The molecule has 0 saturated carbocycles. The van der Waals surface area contributed by atoms with Crippen LogP contribution in [-0.4, -0.2) is 28.0 Å². The standard InChI is InChI=1S/C23H24N2O5S/c1-3-29-20-13-7-8-14-21(20)30-19-12-6-5-11-18(19)23(26)25-16-17-10-4-9-15-22(17)31(27,28)24-2/h4-15,24H,3,16H2,1-2H3,(H,25,26). The van der Waals surface area contributed by atoms with Crippen LogP contribution in [-0.2, 0) is 16.6 Å². The lowest BCUT2D eigenvalue weighted by atomic mass is 10.1. The van der Waals surface area contributed by atoms with Gasteiger partial charge in [-0.25, -0.2) is 13.1 Å². The van der Waals surface area contributed by atoms with Crippen molar-refractivity contribution in [3.63, 3.8) is 0 Å². The van der Waals surface area contributed by atoms with Gasteiger partial charge in [0, 0.05) is 6.54 Å². The first-order chi connectivity index (χ1) is 15.0. The van der Waals surface area contributed by atoms with Gasteiger partial charge in [-0.05, 0) is 49.9 Å². The third kappa shape index (κ3) is 5.42. The van der Waals surface area contributed by atoms with E-state index in [0.717, 1.165) is 0 Å². The van der Waals surface area contributed by atoms with Crippen LogP contribution in [0.15, 0.2) is 77.7 Å². The van der Waals surface area contributed by atoms with Crippen molar-refractivity contribution in [1.29, 1.82) is 0 Å². The van der Waals surface area contributed by atoms with E-state index in [9.17, 15) is 13.2 Å². The molecule has 0 radical (unpaired) electrons. The zero-order valence-electron chi connectivity index (χ0n) is 17.3. The molecule has 31 heavy (non-hydrogen) atoms. The fourth-order valence-electron chi connectivity index (χ4n) is 2.96. The van der Waals surface area contributed by atoms with Crippen LogP contribution in [0.4, 0.5) is 0 Å². The molecule has 3 rings (SSSR count). The second-order valence-electron chi connectivity index (χ2n) is 6.48. The van der Waals surface area contributed by atoms with E-state index in [1.165, 1.54) is 13.1 Å². The molecule has 0 atom stereocenters. The number of carbonyl (C=O) groups is 1. The first kappa shape index (κ1) is 22.3. The van der Waals surface area contributed by atoms with Gasteiger partial charge in [0.15, 0.2) is 11.5 Å². The predicted molar refractivity (Wildman–Crippen MR) is 118 cm³/mol. The van der Waals surface area contributed by atoms with Gasteiger partial charge < -0.3 is 14.8 Å². The molecule has 0 unspecified atom stereocenters. The molecule has 0 aliphatic heterocycles. The van der Waals surface area contributed by atoms with Gasteiger partial charge in [0.1, 0.15) is 5.75 Å². The lowest BCUT2D eigenvalue weighted by molar-refractivity contribution is 0.0948. The molecule has 0 saturated heterocycles. The summed E-state index contributed by atoms with van der Waals surface area (Å²) in [7, 11) is -2.29. The molecule has 0 heterocycles. The Hall–Kier alpha value is -3.36. The Bertz CT molecular complexity index is 1160. The van der Waals surface area contributed by atoms with Crippen LogP contribution in [0.1, 0.15) is 22.8 Å². The van der Waals surface area contributed by atoms with E-state index < -0.39 is 10.0 Å². The largest absolute Gasteiger partial charge is 0.490 e. The van der Waals surface area contributed by atoms with E-state index in [1.807, 2.05) is 19.1 Å². The highest BCUT2D eigenvalue weighted by molar-refractivity contribution is 7.89. The number of nitrogens with one attached hydrogen (secondary N) is 2. The highest BCUT2D eigenvalue weighted by Gasteiger charge is 2.18. The fraction of sp³-hybridized carbons (Fsp3) is 0.174. The zero-order chi connectivity index (χ0) is 22.3. The van der Waals surface area contributed by atoms with Crippen molar-refractivity contribution in [2.75, 3.05) is 13.7 Å². The summed E-state index contributed by atoms with van der Waals surface area (Å²) in [6, 6.07) is 20.6. The van der Waals surface area contributed by atoms with Gasteiger partial charge in [0.25, 0.3) is 5.91 Å². The van der Waals surface area contributed by atoms with Gasteiger partial charge in [-0.2, -0.15) is 0 Å². The number of rotatable bonds is 9. The van der Waals surface area contributed by atoms with Crippen molar-refractivity contribution >= 4 is 15.9 Å². The molecule has 8 heteroatoms. The van der Waals surface area contributed by atoms with E-state index in [2.05, 4.69) is 10.0 Å². The molecule has 0 aliphatic rings. The minimum absolute atomic E-state index is 0.0415. The third-order valence-corrected chi connectivity index (χ3v) is 5.99. The van der Waals surface area contributed by atoms with Crippen LogP contribution in [0.2, 0.25) is 0 Å². The Balaban J connectivity index is 1.81. The number of benzene rings is 3. The Morgan fingerprint density at radius 3 is 2.19 bits per heavy atom. The Morgan fingerprint density at radius 2 is 1.48 bits per heavy atom. The molecule has 0 bridgehead atoms. The Labute approximate surface area is 182 Å². The number of sulfonamides is 1. The normalized spacial score (nSPS) is 11.0. The highest BCUT2D eigenvalue weighted by Crippen LogP contribution is 2.33. The van der Waals surface area contributed by atoms with Crippen molar-refractivity contribution in [3.8, 4) is 17.2 Å². The summed E-state index contributed by atoms with van der Waals surface area (Å²) < 4.78 is 38.3. The summed E-state index contributed by atoms with van der Waals surface area (Å²) in [6.07, 6.45) is 0. The van der Waals surface area contributed by atoms with Gasteiger partial charge in [-0.15, -0.1) is 0 Å². The zero-order valence-corrected chi connectivity index (χ0v) is 18.1.